The molecule has 0 aromatic heterocycles. The molecule has 2 aromatic rings. The van der Waals surface area contributed by atoms with Gasteiger partial charge in [-0.05, 0) is 43.2 Å². The van der Waals surface area contributed by atoms with Crippen molar-refractivity contribution in [2.24, 2.45) is 0 Å². The summed E-state index contributed by atoms with van der Waals surface area (Å²) in [5, 5.41) is 3.18. The first-order chi connectivity index (χ1) is 13.7. The van der Waals surface area contributed by atoms with Gasteiger partial charge < -0.3 is 14.8 Å². The van der Waals surface area contributed by atoms with Crippen LogP contribution in [0.25, 0.3) is 0 Å². The third kappa shape index (κ3) is 4.76. The highest BCUT2D eigenvalue weighted by Crippen LogP contribution is 2.33. The summed E-state index contributed by atoms with van der Waals surface area (Å²) in [5.74, 6) is 0.690. The van der Waals surface area contributed by atoms with E-state index in [1.807, 2.05) is 0 Å². The summed E-state index contributed by atoms with van der Waals surface area (Å²) in [4.78, 5) is 13.0. The van der Waals surface area contributed by atoms with Gasteiger partial charge in [0.25, 0.3) is 0 Å². The van der Waals surface area contributed by atoms with Crippen molar-refractivity contribution < 1.29 is 22.7 Å². The maximum atomic E-state index is 13.0. The maximum absolute atomic E-state index is 13.0. The minimum Gasteiger partial charge on any atom is -0.486 e. The third-order valence-electron chi connectivity index (χ3n) is 4.55. The number of aryl methyl sites for hydroxylation is 1. The highest BCUT2D eigenvalue weighted by molar-refractivity contribution is 7.92. The summed E-state index contributed by atoms with van der Waals surface area (Å²) < 4.78 is 37.4. The Morgan fingerprint density at radius 3 is 2.52 bits per heavy atom. The number of hydrogen-bond acceptors (Lipinski definition) is 5. The molecule has 1 atom stereocenters. The van der Waals surface area contributed by atoms with Gasteiger partial charge in [-0.3, -0.25) is 9.10 Å². The topological polar surface area (TPSA) is 84.9 Å². The fourth-order valence-electron chi connectivity index (χ4n) is 3.20. The van der Waals surface area contributed by atoms with Crippen LogP contribution in [-0.2, 0) is 14.8 Å². The lowest BCUT2D eigenvalue weighted by Gasteiger charge is -2.31. The monoisotopic (exact) mass is 438 g/mol. The Morgan fingerprint density at radius 2 is 1.86 bits per heavy atom. The molecule has 3 rings (SSSR count). The molecule has 1 heterocycles. The number of halogens is 1. The van der Waals surface area contributed by atoms with Gasteiger partial charge in [0, 0.05) is 16.8 Å². The van der Waals surface area contributed by atoms with E-state index < -0.39 is 22.0 Å². The zero-order chi connectivity index (χ0) is 21.2. The van der Waals surface area contributed by atoms with E-state index in [0.29, 0.717) is 46.7 Å². The molecular weight excluding hydrogens is 416 g/mol. The zero-order valence-corrected chi connectivity index (χ0v) is 18.0. The molecule has 0 bridgehead atoms. The number of sulfonamides is 1. The van der Waals surface area contributed by atoms with E-state index in [-0.39, 0.29) is 6.42 Å². The van der Waals surface area contributed by atoms with Gasteiger partial charge in [-0.25, -0.2) is 8.42 Å². The molecule has 1 aliphatic rings. The first kappa shape index (κ1) is 21.3. The molecule has 0 saturated heterocycles. The molecule has 0 aliphatic carbocycles. The van der Waals surface area contributed by atoms with Crippen molar-refractivity contribution >= 4 is 38.9 Å². The number of fused-ring (bicyclic) bond motifs is 1. The number of amides is 1. The Hall–Kier alpha value is -2.45. The van der Waals surface area contributed by atoms with Crippen molar-refractivity contribution in [3.63, 3.8) is 0 Å². The van der Waals surface area contributed by atoms with Crippen LogP contribution in [0.3, 0.4) is 0 Å². The molecule has 1 aliphatic heterocycles. The van der Waals surface area contributed by atoms with Gasteiger partial charge in [-0.2, -0.15) is 0 Å². The Labute approximate surface area is 175 Å². The van der Waals surface area contributed by atoms with E-state index in [1.165, 1.54) is 0 Å². The number of carbonyl (C=O) groups is 1. The molecular formula is C20H23ClN2O5S. The molecule has 156 valence electrons. The lowest BCUT2D eigenvalue weighted by atomic mass is 10.1. The second kappa shape index (κ2) is 8.51. The minimum absolute atomic E-state index is 0.273. The molecule has 1 amide bonds. The van der Waals surface area contributed by atoms with Crippen LogP contribution in [0, 0.1) is 6.92 Å². The Balaban J connectivity index is 1.92. The lowest BCUT2D eigenvalue weighted by Crippen LogP contribution is -2.47. The second-order valence-electron chi connectivity index (χ2n) is 6.76. The SMILES string of the molecule is CCC(C(=O)Nc1ccc2c(c1)OCCO2)N(c1cc(Cl)ccc1C)S(C)(=O)=O. The van der Waals surface area contributed by atoms with Crippen molar-refractivity contribution in [1.29, 1.82) is 0 Å². The van der Waals surface area contributed by atoms with Crippen molar-refractivity contribution in [3.8, 4) is 11.5 Å². The number of ether oxygens (including phenoxy) is 2. The van der Waals surface area contributed by atoms with Gasteiger partial charge in [-0.1, -0.05) is 24.6 Å². The summed E-state index contributed by atoms with van der Waals surface area (Å²) in [7, 11) is -3.75. The molecule has 2 aromatic carbocycles. The quantitative estimate of drug-likeness (QED) is 0.744. The summed E-state index contributed by atoms with van der Waals surface area (Å²) >= 11 is 6.09. The largest absolute Gasteiger partial charge is 0.486 e. The average Bonchev–Trinajstić information content (AvgIpc) is 2.67. The summed E-state index contributed by atoms with van der Waals surface area (Å²) in [5.41, 5.74) is 1.57. The first-order valence-electron chi connectivity index (χ1n) is 9.16. The summed E-state index contributed by atoms with van der Waals surface area (Å²) in [6, 6.07) is 9.06. The van der Waals surface area contributed by atoms with Gasteiger partial charge in [-0.15, -0.1) is 0 Å². The van der Waals surface area contributed by atoms with Crippen LogP contribution in [0.5, 0.6) is 11.5 Å². The molecule has 0 spiro atoms. The number of benzene rings is 2. The third-order valence-corrected chi connectivity index (χ3v) is 5.95. The number of nitrogens with one attached hydrogen (secondary N) is 1. The van der Waals surface area contributed by atoms with Crippen LogP contribution in [0.15, 0.2) is 36.4 Å². The van der Waals surface area contributed by atoms with Gasteiger partial charge in [0.15, 0.2) is 11.5 Å². The highest BCUT2D eigenvalue weighted by atomic mass is 35.5. The van der Waals surface area contributed by atoms with Gasteiger partial charge >= 0.3 is 0 Å². The fraction of sp³-hybridized carbons (Fsp3) is 0.350. The summed E-state index contributed by atoms with van der Waals surface area (Å²) in [6.07, 6.45) is 1.35. The van der Waals surface area contributed by atoms with Crippen LogP contribution in [0.2, 0.25) is 5.02 Å². The molecule has 9 heteroatoms. The van der Waals surface area contributed by atoms with E-state index in [4.69, 9.17) is 21.1 Å². The average molecular weight is 439 g/mol. The standard InChI is InChI=1S/C20H23ClN2O5S/c1-4-16(23(29(3,25)26)17-11-14(21)6-5-13(17)2)20(24)22-15-7-8-18-19(12-15)28-10-9-27-18/h5-8,11-12,16H,4,9-10H2,1-3H3,(H,22,24). The Kier molecular flexibility index (Phi) is 6.24. The normalized spacial score (nSPS) is 14.2. The number of nitrogens with zero attached hydrogens (tertiary/aromatic N) is 1. The predicted octanol–water partition coefficient (Wildman–Crippen LogP) is 3.60. The van der Waals surface area contributed by atoms with Crippen LogP contribution in [-0.4, -0.2) is 39.8 Å². The Bertz CT molecular complexity index is 1030. The molecule has 7 nitrogen and oxygen atoms in total. The molecule has 0 saturated carbocycles. The van der Waals surface area contributed by atoms with Gasteiger partial charge in [0.05, 0.1) is 11.9 Å². The zero-order valence-electron chi connectivity index (χ0n) is 16.4. The molecule has 0 fully saturated rings. The van der Waals surface area contributed by atoms with E-state index in [2.05, 4.69) is 5.32 Å². The maximum Gasteiger partial charge on any atom is 0.248 e. The van der Waals surface area contributed by atoms with E-state index in [1.54, 1.807) is 50.2 Å². The van der Waals surface area contributed by atoms with Crippen LogP contribution >= 0.6 is 11.6 Å². The molecule has 0 radical (unpaired) electrons. The number of hydrogen-bond donors (Lipinski definition) is 1. The fourth-order valence-corrected chi connectivity index (χ4v) is 4.63. The minimum atomic E-state index is -3.75. The Morgan fingerprint density at radius 1 is 1.17 bits per heavy atom. The van der Waals surface area contributed by atoms with Crippen molar-refractivity contribution in [1.82, 2.24) is 0 Å². The van der Waals surface area contributed by atoms with Crippen molar-refractivity contribution in [3.05, 3.63) is 47.0 Å². The lowest BCUT2D eigenvalue weighted by molar-refractivity contribution is -0.117. The number of rotatable bonds is 6. The second-order valence-corrected chi connectivity index (χ2v) is 9.06. The number of anilines is 2. The van der Waals surface area contributed by atoms with Crippen molar-refractivity contribution in [2.75, 3.05) is 29.1 Å². The van der Waals surface area contributed by atoms with Crippen LogP contribution in [0.1, 0.15) is 18.9 Å². The van der Waals surface area contributed by atoms with E-state index >= 15 is 0 Å². The predicted molar refractivity (Wildman–Crippen MR) is 114 cm³/mol. The molecule has 29 heavy (non-hydrogen) atoms. The highest BCUT2D eigenvalue weighted by Gasteiger charge is 2.32. The molecule has 1 N–H and O–H groups in total. The molecule has 1 unspecified atom stereocenters. The first-order valence-corrected chi connectivity index (χ1v) is 11.4. The van der Waals surface area contributed by atoms with Crippen LogP contribution < -0.4 is 19.1 Å². The van der Waals surface area contributed by atoms with E-state index in [0.717, 1.165) is 10.6 Å². The smallest absolute Gasteiger partial charge is 0.248 e. The number of carbonyl (C=O) groups excluding carboxylic acids is 1. The van der Waals surface area contributed by atoms with Gasteiger partial charge in [0.2, 0.25) is 15.9 Å². The van der Waals surface area contributed by atoms with Crippen LogP contribution in [0.4, 0.5) is 11.4 Å². The van der Waals surface area contributed by atoms with Crippen molar-refractivity contribution in [2.45, 2.75) is 26.3 Å². The van der Waals surface area contributed by atoms with Gasteiger partial charge in [0.1, 0.15) is 19.3 Å². The summed E-state index contributed by atoms with van der Waals surface area (Å²) in [6.45, 7) is 4.43. The van der Waals surface area contributed by atoms with E-state index in [9.17, 15) is 13.2 Å².